The lowest BCUT2D eigenvalue weighted by Gasteiger charge is -2.18. The van der Waals surface area contributed by atoms with Gasteiger partial charge in [0.25, 0.3) is 0 Å². The summed E-state index contributed by atoms with van der Waals surface area (Å²) in [7, 11) is 0. The Morgan fingerprint density at radius 2 is 1.69 bits per heavy atom. The number of fused-ring (bicyclic) bond motifs is 3. The highest BCUT2D eigenvalue weighted by molar-refractivity contribution is 5.79. The van der Waals surface area contributed by atoms with Crippen molar-refractivity contribution in [2.45, 2.75) is 31.5 Å². The van der Waals surface area contributed by atoms with Gasteiger partial charge in [-0.05, 0) is 47.7 Å². The van der Waals surface area contributed by atoms with Crippen molar-refractivity contribution in [3.8, 4) is 11.1 Å². The third-order valence-corrected chi connectivity index (χ3v) is 5.76. The molecule has 0 saturated heterocycles. The highest BCUT2D eigenvalue weighted by atomic mass is 19.1. The van der Waals surface area contributed by atoms with Crippen LogP contribution in [0, 0.1) is 12.7 Å². The number of carbonyl (C=O) groups is 1. The Morgan fingerprint density at radius 3 is 2.31 bits per heavy atom. The number of aliphatic hydroxyl groups excluding tert-OH is 2. The highest BCUT2D eigenvalue weighted by Gasteiger charge is 2.29. The average Bonchev–Trinajstić information content (AvgIpc) is 3.12. The molecular formula is C25H25FN2O4. The molecular weight excluding hydrogens is 411 g/mol. The van der Waals surface area contributed by atoms with Gasteiger partial charge in [0.1, 0.15) is 18.5 Å². The predicted molar refractivity (Wildman–Crippen MR) is 118 cm³/mol. The van der Waals surface area contributed by atoms with E-state index < -0.39 is 24.1 Å². The topological polar surface area (TPSA) is 91.7 Å². The van der Waals surface area contributed by atoms with Crippen LogP contribution in [0.1, 0.15) is 41.0 Å². The van der Waals surface area contributed by atoms with E-state index in [9.17, 15) is 19.4 Å². The van der Waals surface area contributed by atoms with Crippen molar-refractivity contribution < 1.29 is 24.1 Å². The Kier molecular flexibility index (Phi) is 6.48. The van der Waals surface area contributed by atoms with E-state index in [4.69, 9.17) is 4.74 Å². The number of aryl methyl sites for hydroxylation is 1. The first-order chi connectivity index (χ1) is 15.5. The fourth-order valence-corrected chi connectivity index (χ4v) is 4.05. The number of rotatable bonds is 7. The number of ether oxygens (including phenoxy) is 1. The van der Waals surface area contributed by atoms with E-state index in [1.807, 2.05) is 36.4 Å². The number of pyridine rings is 1. The Balaban J connectivity index is 1.28. The molecule has 0 saturated carbocycles. The SMILES string of the molecule is Cc1nc(C(O)C(O)CCNC(=O)OCC2c3ccccc3-c3ccccc32)ccc1F. The second kappa shape index (κ2) is 9.46. The summed E-state index contributed by atoms with van der Waals surface area (Å²) in [5, 5.41) is 23.0. The van der Waals surface area contributed by atoms with Crippen molar-refractivity contribution in [1.82, 2.24) is 10.3 Å². The summed E-state index contributed by atoms with van der Waals surface area (Å²) in [5.41, 5.74) is 4.88. The molecule has 166 valence electrons. The molecule has 0 radical (unpaired) electrons. The first kappa shape index (κ1) is 21.9. The van der Waals surface area contributed by atoms with Gasteiger partial charge in [0.15, 0.2) is 0 Å². The Labute approximate surface area is 185 Å². The number of aromatic nitrogens is 1. The Morgan fingerprint density at radius 1 is 1.06 bits per heavy atom. The predicted octanol–water partition coefficient (Wildman–Crippen LogP) is 3.85. The molecule has 2 aromatic carbocycles. The molecule has 2 atom stereocenters. The van der Waals surface area contributed by atoms with Gasteiger partial charge in [-0.1, -0.05) is 48.5 Å². The smallest absolute Gasteiger partial charge is 0.407 e. The third-order valence-electron chi connectivity index (χ3n) is 5.76. The maximum absolute atomic E-state index is 13.3. The fourth-order valence-electron chi connectivity index (χ4n) is 4.05. The number of nitrogens with one attached hydrogen (secondary N) is 1. The van der Waals surface area contributed by atoms with Crippen molar-refractivity contribution in [2.24, 2.45) is 0 Å². The first-order valence-corrected chi connectivity index (χ1v) is 10.5. The first-order valence-electron chi connectivity index (χ1n) is 10.5. The van der Waals surface area contributed by atoms with Gasteiger partial charge in [0.05, 0.1) is 17.5 Å². The number of amides is 1. The molecule has 0 fully saturated rings. The lowest BCUT2D eigenvalue weighted by molar-refractivity contribution is 0.0110. The quantitative estimate of drug-likeness (QED) is 0.523. The zero-order chi connectivity index (χ0) is 22.7. The summed E-state index contributed by atoms with van der Waals surface area (Å²) in [6, 6.07) is 18.7. The number of benzene rings is 2. The number of halogens is 1. The lowest BCUT2D eigenvalue weighted by atomic mass is 9.98. The number of hydrogen-bond donors (Lipinski definition) is 3. The van der Waals surface area contributed by atoms with Crippen molar-refractivity contribution >= 4 is 6.09 Å². The molecule has 1 heterocycles. The highest BCUT2D eigenvalue weighted by Crippen LogP contribution is 2.44. The van der Waals surface area contributed by atoms with E-state index >= 15 is 0 Å². The summed E-state index contributed by atoms with van der Waals surface area (Å²) in [5.74, 6) is -0.513. The van der Waals surface area contributed by atoms with Crippen LogP contribution in [0.3, 0.4) is 0 Å². The minimum absolute atomic E-state index is 0.0339. The normalized spacial score (nSPS) is 14.4. The molecule has 1 aromatic heterocycles. The van der Waals surface area contributed by atoms with Crippen LogP contribution in [-0.4, -0.2) is 40.5 Å². The lowest BCUT2D eigenvalue weighted by Crippen LogP contribution is -2.31. The summed E-state index contributed by atoms with van der Waals surface area (Å²) < 4.78 is 18.8. The molecule has 1 aliphatic carbocycles. The van der Waals surface area contributed by atoms with Crippen LogP contribution in [0.4, 0.5) is 9.18 Å². The van der Waals surface area contributed by atoms with Gasteiger partial charge in [0, 0.05) is 12.5 Å². The monoisotopic (exact) mass is 436 g/mol. The number of alkyl carbamates (subject to hydrolysis) is 1. The zero-order valence-electron chi connectivity index (χ0n) is 17.7. The van der Waals surface area contributed by atoms with Gasteiger partial charge in [-0.15, -0.1) is 0 Å². The molecule has 0 aliphatic heterocycles. The van der Waals surface area contributed by atoms with Crippen molar-refractivity contribution in [2.75, 3.05) is 13.2 Å². The van der Waals surface area contributed by atoms with E-state index in [0.717, 1.165) is 22.3 Å². The summed E-state index contributed by atoms with van der Waals surface area (Å²) in [4.78, 5) is 16.1. The van der Waals surface area contributed by atoms with Crippen LogP contribution in [0.2, 0.25) is 0 Å². The molecule has 2 unspecified atom stereocenters. The van der Waals surface area contributed by atoms with Gasteiger partial charge in [-0.2, -0.15) is 0 Å². The van der Waals surface area contributed by atoms with Crippen LogP contribution < -0.4 is 5.32 Å². The summed E-state index contributed by atoms with van der Waals surface area (Å²) >= 11 is 0. The van der Waals surface area contributed by atoms with Crippen LogP contribution in [0.5, 0.6) is 0 Å². The van der Waals surface area contributed by atoms with E-state index in [-0.39, 0.29) is 36.9 Å². The number of carbonyl (C=O) groups excluding carboxylic acids is 1. The second-order valence-corrected chi connectivity index (χ2v) is 7.86. The van der Waals surface area contributed by atoms with Crippen LogP contribution in [0.25, 0.3) is 11.1 Å². The Hall–Kier alpha value is -3.29. The fraction of sp³-hybridized carbons (Fsp3) is 0.280. The molecule has 0 spiro atoms. The molecule has 1 aliphatic rings. The van der Waals surface area contributed by atoms with Gasteiger partial charge in [-0.25, -0.2) is 9.18 Å². The molecule has 6 nitrogen and oxygen atoms in total. The molecule has 32 heavy (non-hydrogen) atoms. The summed E-state index contributed by atoms with van der Waals surface area (Å²) in [6.45, 7) is 1.79. The molecule has 0 bridgehead atoms. The van der Waals surface area contributed by atoms with Crippen molar-refractivity contribution in [1.29, 1.82) is 0 Å². The van der Waals surface area contributed by atoms with E-state index in [2.05, 4.69) is 22.4 Å². The molecule has 3 aromatic rings. The maximum atomic E-state index is 13.3. The largest absolute Gasteiger partial charge is 0.449 e. The van der Waals surface area contributed by atoms with E-state index in [0.29, 0.717) is 0 Å². The van der Waals surface area contributed by atoms with Gasteiger partial charge < -0.3 is 20.3 Å². The average molecular weight is 436 g/mol. The van der Waals surface area contributed by atoms with E-state index in [1.165, 1.54) is 19.1 Å². The number of hydrogen-bond acceptors (Lipinski definition) is 5. The molecule has 7 heteroatoms. The van der Waals surface area contributed by atoms with E-state index in [1.54, 1.807) is 0 Å². The third kappa shape index (κ3) is 4.49. The van der Waals surface area contributed by atoms with Crippen molar-refractivity contribution in [3.63, 3.8) is 0 Å². The van der Waals surface area contributed by atoms with Crippen molar-refractivity contribution in [3.05, 3.63) is 89.0 Å². The number of aliphatic hydroxyl groups is 2. The maximum Gasteiger partial charge on any atom is 0.407 e. The minimum Gasteiger partial charge on any atom is -0.449 e. The standard InChI is InChI=1S/C25H25FN2O4/c1-15-21(26)10-11-22(28-15)24(30)23(29)12-13-27-25(31)32-14-20-18-8-4-2-6-16(18)17-7-3-5-9-19(17)20/h2-11,20,23-24,29-30H,12-14H2,1H3,(H,27,31). The van der Waals surface area contributed by atoms with Gasteiger partial charge in [0.2, 0.25) is 0 Å². The van der Waals surface area contributed by atoms with Crippen LogP contribution in [0.15, 0.2) is 60.7 Å². The van der Waals surface area contributed by atoms with Gasteiger partial charge >= 0.3 is 6.09 Å². The molecule has 1 amide bonds. The molecule has 4 rings (SSSR count). The van der Waals surface area contributed by atoms with Crippen LogP contribution in [-0.2, 0) is 4.74 Å². The van der Waals surface area contributed by atoms with Gasteiger partial charge in [-0.3, -0.25) is 4.98 Å². The molecule has 3 N–H and O–H groups in total. The number of nitrogens with zero attached hydrogens (tertiary/aromatic N) is 1. The summed E-state index contributed by atoms with van der Waals surface area (Å²) in [6.07, 6.45) is -2.95. The Bertz CT molecular complexity index is 1080. The van der Waals surface area contributed by atoms with Crippen LogP contribution >= 0.6 is 0 Å². The second-order valence-electron chi connectivity index (χ2n) is 7.86. The zero-order valence-corrected chi connectivity index (χ0v) is 17.7. The minimum atomic E-state index is -1.28.